The van der Waals surface area contributed by atoms with E-state index in [9.17, 15) is 14.4 Å². The molecule has 0 aliphatic carbocycles. The number of Topliss-reactive ketones (excluding diaryl/α,β-unsaturated/α-hetero) is 1. The molecule has 0 amide bonds. The maximum absolute atomic E-state index is 12.1. The minimum atomic E-state index is -0.726. The number of hydrogen-bond donors (Lipinski definition) is 0. The number of hydrogen-bond acceptors (Lipinski definition) is 5. The van der Waals surface area contributed by atoms with Crippen molar-refractivity contribution in [3.8, 4) is 5.75 Å². The summed E-state index contributed by atoms with van der Waals surface area (Å²) in [5.41, 5.74) is -0.177. The van der Waals surface area contributed by atoms with Gasteiger partial charge in [0.1, 0.15) is 16.9 Å². The van der Waals surface area contributed by atoms with Gasteiger partial charge in [-0.15, -0.1) is 0 Å². The quantitative estimate of drug-likeness (QED) is 0.312. The van der Waals surface area contributed by atoms with Crippen molar-refractivity contribution >= 4 is 34.3 Å². The zero-order valence-corrected chi connectivity index (χ0v) is 13.3. The molecular formula is C18H11ClO5. The highest BCUT2D eigenvalue weighted by Crippen LogP contribution is 2.22. The summed E-state index contributed by atoms with van der Waals surface area (Å²) in [7, 11) is 0. The van der Waals surface area contributed by atoms with E-state index in [1.807, 2.05) is 0 Å². The molecule has 0 fully saturated rings. The predicted octanol–water partition coefficient (Wildman–Crippen LogP) is 3.87. The zero-order chi connectivity index (χ0) is 17.3. The molecule has 0 unspecified atom stereocenters. The lowest BCUT2D eigenvalue weighted by Gasteiger charge is -2.06. The number of benzene rings is 2. The lowest BCUT2D eigenvalue weighted by atomic mass is 10.1. The number of rotatable bonds is 3. The summed E-state index contributed by atoms with van der Waals surface area (Å²) in [6.07, 6.45) is 0. The Bertz CT molecular complexity index is 1000. The number of halogens is 1. The highest BCUT2D eigenvalue weighted by Gasteiger charge is 2.12. The molecule has 0 spiro atoms. The van der Waals surface area contributed by atoms with Crippen LogP contribution in [0.15, 0.2) is 57.7 Å². The smallest absolute Gasteiger partial charge is 0.347 e. The summed E-state index contributed by atoms with van der Waals surface area (Å²) >= 11 is 5.77. The first-order valence-corrected chi connectivity index (χ1v) is 7.38. The van der Waals surface area contributed by atoms with E-state index in [0.717, 1.165) is 0 Å². The van der Waals surface area contributed by atoms with Gasteiger partial charge in [0.25, 0.3) is 0 Å². The Morgan fingerprint density at radius 3 is 2.42 bits per heavy atom. The van der Waals surface area contributed by atoms with Gasteiger partial charge in [0.15, 0.2) is 5.78 Å². The van der Waals surface area contributed by atoms with E-state index in [1.54, 1.807) is 36.4 Å². The average molecular weight is 343 g/mol. The minimum absolute atomic E-state index is 0.0200. The Balaban J connectivity index is 1.92. The van der Waals surface area contributed by atoms with Crippen molar-refractivity contribution < 1.29 is 18.7 Å². The molecular weight excluding hydrogens is 332 g/mol. The van der Waals surface area contributed by atoms with Gasteiger partial charge in [-0.2, -0.15) is 0 Å². The molecule has 120 valence electrons. The summed E-state index contributed by atoms with van der Waals surface area (Å²) in [4.78, 5) is 35.2. The number of ether oxygens (including phenoxy) is 1. The van der Waals surface area contributed by atoms with Crippen LogP contribution < -0.4 is 10.4 Å². The lowest BCUT2D eigenvalue weighted by molar-refractivity contribution is 0.0734. The molecule has 24 heavy (non-hydrogen) atoms. The summed E-state index contributed by atoms with van der Waals surface area (Å²) in [6.45, 7) is 1.29. The zero-order valence-electron chi connectivity index (χ0n) is 12.5. The Hall–Kier alpha value is -2.92. The minimum Gasteiger partial charge on any atom is -0.423 e. The van der Waals surface area contributed by atoms with Crippen LogP contribution in [0.3, 0.4) is 0 Å². The number of fused-ring (bicyclic) bond motifs is 1. The van der Waals surface area contributed by atoms with E-state index >= 15 is 0 Å². The first-order chi connectivity index (χ1) is 11.4. The molecule has 0 aliphatic rings. The third-order valence-electron chi connectivity index (χ3n) is 3.38. The van der Waals surface area contributed by atoms with Crippen molar-refractivity contribution in [2.75, 3.05) is 0 Å². The van der Waals surface area contributed by atoms with Gasteiger partial charge in [-0.3, -0.25) is 4.79 Å². The maximum Gasteiger partial charge on any atom is 0.347 e. The fourth-order valence-electron chi connectivity index (χ4n) is 2.15. The van der Waals surface area contributed by atoms with E-state index in [0.29, 0.717) is 16.0 Å². The molecule has 0 radical (unpaired) electrons. The van der Waals surface area contributed by atoms with Gasteiger partial charge in [0.05, 0.1) is 5.56 Å². The second kappa shape index (κ2) is 6.29. The standard InChI is InChI=1S/C18H11ClO5/c1-10(20)15-8-12-4-7-14(9-16(12)24-18(15)22)23-17(21)11-2-5-13(19)6-3-11/h2-9H,1H3. The monoisotopic (exact) mass is 342 g/mol. The van der Waals surface area contributed by atoms with Crippen LogP contribution in [0.2, 0.25) is 5.02 Å². The van der Waals surface area contributed by atoms with Gasteiger partial charge < -0.3 is 9.15 Å². The Labute approximate surface area is 141 Å². The van der Waals surface area contributed by atoms with Crippen molar-refractivity contribution in [2.24, 2.45) is 0 Å². The Morgan fingerprint density at radius 1 is 1.04 bits per heavy atom. The normalized spacial score (nSPS) is 10.6. The highest BCUT2D eigenvalue weighted by molar-refractivity contribution is 6.30. The molecule has 1 heterocycles. The summed E-state index contributed by atoms with van der Waals surface area (Å²) in [5.74, 6) is -0.709. The van der Waals surface area contributed by atoms with Crippen LogP contribution in [-0.4, -0.2) is 11.8 Å². The fourth-order valence-corrected chi connectivity index (χ4v) is 2.28. The molecule has 6 heteroatoms. The van der Waals surface area contributed by atoms with Crippen molar-refractivity contribution in [2.45, 2.75) is 6.92 Å². The second-order valence-corrected chi connectivity index (χ2v) is 5.54. The lowest BCUT2D eigenvalue weighted by Crippen LogP contribution is -2.11. The van der Waals surface area contributed by atoms with Crippen molar-refractivity contribution in [3.05, 3.63) is 75.1 Å². The summed E-state index contributed by atoms with van der Waals surface area (Å²) in [6, 6.07) is 12.3. The molecule has 0 bridgehead atoms. The third-order valence-corrected chi connectivity index (χ3v) is 3.63. The molecule has 1 aromatic heterocycles. The van der Waals surface area contributed by atoms with E-state index in [2.05, 4.69) is 0 Å². The fraction of sp³-hybridized carbons (Fsp3) is 0.0556. The largest absolute Gasteiger partial charge is 0.423 e. The molecule has 0 aliphatic heterocycles. The second-order valence-electron chi connectivity index (χ2n) is 5.10. The van der Waals surface area contributed by atoms with Gasteiger partial charge in [0, 0.05) is 16.5 Å². The van der Waals surface area contributed by atoms with Crippen LogP contribution in [0.1, 0.15) is 27.6 Å². The van der Waals surface area contributed by atoms with E-state index < -0.39 is 11.6 Å². The average Bonchev–Trinajstić information content (AvgIpc) is 2.54. The van der Waals surface area contributed by atoms with Crippen molar-refractivity contribution in [1.29, 1.82) is 0 Å². The Kier molecular flexibility index (Phi) is 4.18. The topological polar surface area (TPSA) is 73.6 Å². The predicted molar refractivity (Wildman–Crippen MR) is 88.9 cm³/mol. The molecule has 5 nitrogen and oxygen atoms in total. The van der Waals surface area contributed by atoms with Crippen LogP contribution >= 0.6 is 11.6 Å². The van der Waals surface area contributed by atoms with Crippen LogP contribution in [0.4, 0.5) is 0 Å². The van der Waals surface area contributed by atoms with Crippen LogP contribution in [-0.2, 0) is 0 Å². The number of ketones is 1. The highest BCUT2D eigenvalue weighted by atomic mass is 35.5. The molecule has 0 saturated carbocycles. The summed E-state index contributed by atoms with van der Waals surface area (Å²) in [5, 5.41) is 1.08. The van der Waals surface area contributed by atoms with E-state index in [4.69, 9.17) is 20.8 Å². The van der Waals surface area contributed by atoms with E-state index in [1.165, 1.54) is 19.1 Å². The first kappa shape index (κ1) is 16.0. The molecule has 0 saturated heterocycles. The third kappa shape index (κ3) is 3.21. The number of carbonyl (C=O) groups is 2. The summed E-state index contributed by atoms with van der Waals surface area (Å²) < 4.78 is 10.4. The van der Waals surface area contributed by atoms with Crippen molar-refractivity contribution in [3.63, 3.8) is 0 Å². The van der Waals surface area contributed by atoms with Crippen LogP contribution in [0.5, 0.6) is 5.75 Å². The maximum atomic E-state index is 12.1. The number of esters is 1. The Morgan fingerprint density at radius 2 is 1.75 bits per heavy atom. The van der Waals surface area contributed by atoms with Gasteiger partial charge in [-0.05, 0) is 49.4 Å². The first-order valence-electron chi connectivity index (χ1n) is 7.00. The van der Waals surface area contributed by atoms with Crippen molar-refractivity contribution in [1.82, 2.24) is 0 Å². The van der Waals surface area contributed by atoms with E-state index in [-0.39, 0.29) is 22.7 Å². The number of carbonyl (C=O) groups excluding carboxylic acids is 2. The van der Waals surface area contributed by atoms with Gasteiger partial charge in [-0.1, -0.05) is 11.6 Å². The van der Waals surface area contributed by atoms with Gasteiger partial charge in [-0.25, -0.2) is 9.59 Å². The molecule has 3 aromatic rings. The molecule has 0 atom stereocenters. The molecule has 2 aromatic carbocycles. The van der Waals surface area contributed by atoms with Crippen LogP contribution in [0, 0.1) is 0 Å². The van der Waals surface area contributed by atoms with Gasteiger partial charge >= 0.3 is 11.6 Å². The van der Waals surface area contributed by atoms with Crippen LogP contribution in [0.25, 0.3) is 11.0 Å². The molecule has 0 N–H and O–H groups in total. The SMILES string of the molecule is CC(=O)c1cc2ccc(OC(=O)c3ccc(Cl)cc3)cc2oc1=O. The molecule has 3 rings (SSSR count). The van der Waals surface area contributed by atoms with Gasteiger partial charge in [0.2, 0.25) is 0 Å².